The number of nitrogens with two attached hydrogens (primary N) is 1. The highest BCUT2D eigenvalue weighted by atomic mass is 16.5. The average Bonchev–Trinajstić information content (AvgIpc) is 2.35. The lowest BCUT2D eigenvalue weighted by Crippen LogP contribution is -2.10. The Balaban J connectivity index is 2.30. The smallest absolute Gasteiger partial charge is 0.149 e. The fourth-order valence-electron chi connectivity index (χ4n) is 1.24. The Morgan fingerprint density at radius 1 is 1.53 bits per heavy atom. The van der Waals surface area contributed by atoms with Crippen molar-refractivity contribution in [2.24, 2.45) is 0 Å². The van der Waals surface area contributed by atoms with E-state index in [2.05, 4.69) is 10.3 Å². The normalized spacial score (nSPS) is 9.88. The van der Waals surface area contributed by atoms with Crippen molar-refractivity contribution in [2.75, 3.05) is 37.4 Å². The van der Waals surface area contributed by atoms with Gasteiger partial charge in [-0.15, -0.1) is 0 Å². The second kappa shape index (κ2) is 7.44. The molecule has 92 valence electrons. The second-order valence-electron chi connectivity index (χ2n) is 3.39. The minimum absolute atomic E-state index is 0.0392. The third-order valence-electron chi connectivity index (χ3n) is 2.04. The molecule has 0 saturated carbocycles. The molecule has 0 amide bonds. The van der Waals surface area contributed by atoms with Crippen molar-refractivity contribution in [3.05, 3.63) is 17.8 Å². The molecule has 0 spiro atoms. The topological polar surface area (TPSA) is 104 Å². The first-order valence-electron chi connectivity index (χ1n) is 5.36. The van der Waals surface area contributed by atoms with E-state index in [1.165, 1.54) is 6.20 Å². The van der Waals surface area contributed by atoms with Crippen LogP contribution < -0.4 is 11.1 Å². The molecule has 1 aromatic rings. The van der Waals surface area contributed by atoms with Gasteiger partial charge in [-0.05, 0) is 12.5 Å². The maximum absolute atomic E-state index is 8.65. The summed E-state index contributed by atoms with van der Waals surface area (Å²) in [5.74, 6) is 0.575. The molecule has 1 rings (SSSR count). The standard InChI is InChI=1S/C11H16N4O2/c12-7-9-6-10(13)11(15-8-9)14-2-1-4-17-5-3-16/h6,8,16H,1-5,13H2,(H,14,15). The van der Waals surface area contributed by atoms with E-state index in [1.807, 2.05) is 6.07 Å². The van der Waals surface area contributed by atoms with Gasteiger partial charge in [-0.25, -0.2) is 4.98 Å². The highest BCUT2D eigenvalue weighted by Gasteiger charge is 2.01. The van der Waals surface area contributed by atoms with Crippen molar-refractivity contribution < 1.29 is 9.84 Å². The lowest BCUT2D eigenvalue weighted by molar-refractivity contribution is 0.0922. The molecule has 4 N–H and O–H groups in total. The van der Waals surface area contributed by atoms with Gasteiger partial charge in [0, 0.05) is 19.3 Å². The van der Waals surface area contributed by atoms with Crippen LogP contribution in [0.1, 0.15) is 12.0 Å². The molecule has 0 bridgehead atoms. The van der Waals surface area contributed by atoms with Crippen molar-refractivity contribution in [1.82, 2.24) is 4.98 Å². The van der Waals surface area contributed by atoms with Crippen LogP contribution in [-0.4, -0.2) is 36.5 Å². The van der Waals surface area contributed by atoms with Crippen LogP contribution in [0.15, 0.2) is 12.3 Å². The number of aromatic nitrogens is 1. The van der Waals surface area contributed by atoms with Gasteiger partial charge in [0.2, 0.25) is 0 Å². The molecular weight excluding hydrogens is 220 g/mol. The zero-order chi connectivity index (χ0) is 12.5. The van der Waals surface area contributed by atoms with Gasteiger partial charge in [-0.3, -0.25) is 0 Å². The highest BCUT2D eigenvalue weighted by Crippen LogP contribution is 2.15. The summed E-state index contributed by atoms with van der Waals surface area (Å²) in [7, 11) is 0. The Hall–Kier alpha value is -1.84. The minimum Gasteiger partial charge on any atom is -0.396 e. The van der Waals surface area contributed by atoms with Crippen molar-refractivity contribution in [2.45, 2.75) is 6.42 Å². The molecule has 0 aliphatic carbocycles. The van der Waals surface area contributed by atoms with Crippen LogP contribution in [0.2, 0.25) is 0 Å². The zero-order valence-electron chi connectivity index (χ0n) is 9.52. The molecule has 6 heteroatoms. The van der Waals surface area contributed by atoms with Gasteiger partial charge in [0.25, 0.3) is 0 Å². The zero-order valence-corrected chi connectivity index (χ0v) is 9.52. The van der Waals surface area contributed by atoms with Gasteiger partial charge >= 0.3 is 0 Å². The van der Waals surface area contributed by atoms with E-state index < -0.39 is 0 Å². The summed E-state index contributed by atoms with van der Waals surface area (Å²) in [4.78, 5) is 4.04. The lowest BCUT2D eigenvalue weighted by Gasteiger charge is -2.08. The van der Waals surface area contributed by atoms with Crippen LogP contribution >= 0.6 is 0 Å². The number of nitrogens with zero attached hydrogens (tertiary/aromatic N) is 2. The van der Waals surface area contributed by atoms with Crippen molar-refractivity contribution in [3.8, 4) is 6.07 Å². The first-order chi connectivity index (χ1) is 8.27. The third kappa shape index (κ3) is 4.68. The molecule has 0 aliphatic rings. The minimum atomic E-state index is 0.0392. The Kier molecular flexibility index (Phi) is 5.79. The fourth-order valence-corrected chi connectivity index (χ4v) is 1.24. The molecule has 0 aromatic carbocycles. The summed E-state index contributed by atoms with van der Waals surface area (Å²) in [6.07, 6.45) is 2.27. The van der Waals surface area contributed by atoms with Crippen LogP contribution in [-0.2, 0) is 4.74 Å². The number of hydrogen-bond donors (Lipinski definition) is 3. The Labute approximate surface area is 100 Å². The van der Waals surface area contributed by atoms with Gasteiger partial charge in [-0.2, -0.15) is 5.26 Å². The predicted octanol–water partition coefficient (Wildman–Crippen LogP) is 0.346. The van der Waals surface area contributed by atoms with Gasteiger partial charge in [0.15, 0.2) is 0 Å². The average molecular weight is 236 g/mol. The summed E-state index contributed by atoms with van der Waals surface area (Å²) < 4.78 is 5.10. The second-order valence-corrected chi connectivity index (χ2v) is 3.39. The number of anilines is 2. The van der Waals surface area contributed by atoms with Crippen LogP contribution in [0.5, 0.6) is 0 Å². The van der Waals surface area contributed by atoms with E-state index in [0.29, 0.717) is 36.8 Å². The summed E-state index contributed by atoms with van der Waals surface area (Å²) in [5, 5.41) is 20.2. The molecule has 6 nitrogen and oxygen atoms in total. The lowest BCUT2D eigenvalue weighted by atomic mass is 10.3. The molecule has 0 unspecified atom stereocenters. The van der Waals surface area contributed by atoms with E-state index >= 15 is 0 Å². The number of hydrogen-bond acceptors (Lipinski definition) is 6. The molecule has 17 heavy (non-hydrogen) atoms. The van der Waals surface area contributed by atoms with Gasteiger partial charge < -0.3 is 20.9 Å². The summed E-state index contributed by atoms with van der Waals surface area (Å²) >= 11 is 0. The van der Waals surface area contributed by atoms with Gasteiger partial charge in [-0.1, -0.05) is 0 Å². The monoisotopic (exact) mass is 236 g/mol. The number of aliphatic hydroxyl groups is 1. The first kappa shape index (κ1) is 13.2. The van der Waals surface area contributed by atoms with E-state index in [-0.39, 0.29) is 6.61 Å². The number of rotatable bonds is 7. The molecular formula is C11H16N4O2. The van der Waals surface area contributed by atoms with Gasteiger partial charge in [0.1, 0.15) is 11.9 Å². The summed E-state index contributed by atoms with van der Waals surface area (Å²) in [6.45, 7) is 1.65. The van der Waals surface area contributed by atoms with Crippen LogP contribution in [0, 0.1) is 11.3 Å². The van der Waals surface area contributed by atoms with E-state index in [9.17, 15) is 0 Å². The van der Waals surface area contributed by atoms with Crippen molar-refractivity contribution >= 4 is 11.5 Å². The summed E-state index contributed by atoms with van der Waals surface area (Å²) in [6, 6.07) is 3.55. The molecule has 0 radical (unpaired) electrons. The highest BCUT2D eigenvalue weighted by molar-refractivity contribution is 5.62. The number of aliphatic hydroxyl groups excluding tert-OH is 1. The first-order valence-corrected chi connectivity index (χ1v) is 5.36. The molecule has 1 heterocycles. The molecule has 0 aliphatic heterocycles. The Morgan fingerprint density at radius 3 is 3.00 bits per heavy atom. The fraction of sp³-hybridized carbons (Fsp3) is 0.455. The van der Waals surface area contributed by atoms with Crippen molar-refractivity contribution in [3.63, 3.8) is 0 Å². The van der Waals surface area contributed by atoms with Crippen LogP contribution in [0.3, 0.4) is 0 Å². The van der Waals surface area contributed by atoms with Crippen LogP contribution in [0.25, 0.3) is 0 Å². The maximum Gasteiger partial charge on any atom is 0.149 e. The van der Waals surface area contributed by atoms with E-state index in [4.69, 9.17) is 20.8 Å². The predicted molar refractivity (Wildman–Crippen MR) is 64.4 cm³/mol. The third-order valence-corrected chi connectivity index (χ3v) is 2.04. The van der Waals surface area contributed by atoms with Gasteiger partial charge in [0.05, 0.1) is 24.5 Å². The van der Waals surface area contributed by atoms with Crippen molar-refractivity contribution in [1.29, 1.82) is 5.26 Å². The van der Waals surface area contributed by atoms with E-state index in [0.717, 1.165) is 6.42 Å². The van der Waals surface area contributed by atoms with E-state index in [1.54, 1.807) is 6.07 Å². The number of ether oxygens (including phenoxy) is 1. The SMILES string of the molecule is N#Cc1cnc(NCCCOCCO)c(N)c1. The molecule has 0 fully saturated rings. The Bertz CT molecular complexity index is 390. The molecule has 1 aromatic heterocycles. The summed E-state index contributed by atoms with van der Waals surface area (Å²) in [5.41, 5.74) is 6.62. The van der Waals surface area contributed by atoms with Crippen LogP contribution in [0.4, 0.5) is 11.5 Å². The quantitative estimate of drug-likeness (QED) is 0.590. The number of nitrogen functional groups attached to an aromatic ring is 1. The molecule has 0 saturated heterocycles. The number of nitrogens with one attached hydrogen (secondary N) is 1. The number of nitriles is 1. The Morgan fingerprint density at radius 2 is 2.35 bits per heavy atom. The molecule has 0 atom stereocenters. The maximum atomic E-state index is 8.65. The number of pyridine rings is 1. The largest absolute Gasteiger partial charge is 0.396 e.